The predicted octanol–water partition coefficient (Wildman–Crippen LogP) is 5.18. The molecule has 1 aliphatic carbocycles. The Morgan fingerprint density at radius 3 is 2.67 bits per heavy atom. The van der Waals surface area contributed by atoms with Gasteiger partial charge in [-0.05, 0) is 48.6 Å². The first-order valence-electron chi connectivity index (χ1n) is 7.44. The van der Waals surface area contributed by atoms with Crippen molar-refractivity contribution in [3.63, 3.8) is 0 Å². The van der Waals surface area contributed by atoms with Gasteiger partial charge in [0.25, 0.3) is 0 Å². The van der Waals surface area contributed by atoms with E-state index in [0.29, 0.717) is 5.92 Å². The molecule has 0 amide bonds. The van der Waals surface area contributed by atoms with Gasteiger partial charge in [-0.25, -0.2) is 0 Å². The van der Waals surface area contributed by atoms with Crippen LogP contribution in [0.4, 0.5) is 0 Å². The number of hydrogen-bond acceptors (Lipinski definition) is 1. The summed E-state index contributed by atoms with van der Waals surface area (Å²) in [5, 5.41) is 4.48. The third-order valence-corrected chi connectivity index (χ3v) is 4.90. The Kier molecular flexibility index (Phi) is 4.99. The van der Waals surface area contributed by atoms with Gasteiger partial charge in [-0.15, -0.1) is 0 Å². The summed E-state index contributed by atoms with van der Waals surface area (Å²) in [6.07, 6.45) is 3.64. The summed E-state index contributed by atoms with van der Waals surface area (Å²) in [4.78, 5) is 0. The molecule has 1 N–H and O–H groups in total. The summed E-state index contributed by atoms with van der Waals surface area (Å²) in [5.74, 6) is 0.458. The summed E-state index contributed by atoms with van der Waals surface area (Å²) < 4.78 is 1.19. The lowest BCUT2D eigenvalue weighted by Gasteiger charge is -2.20. The maximum atomic E-state index is 6.12. The molecule has 110 valence electrons. The van der Waals surface area contributed by atoms with Gasteiger partial charge in [0.05, 0.1) is 0 Å². The van der Waals surface area contributed by atoms with Gasteiger partial charge < -0.3 is 5.32 Å². The molecule has 1 unspecified atom stereocenters. The molecular formula is C18H19BrClN. The molecule has 1 saturated carbocycles. The van der Waals surface area contributed by atoms with Gasteiger partial charge in [-0.3, -0.25) is 0 Å². The first-order chi connectivity index (χ1) is 10.2. The molecule has 1 fully saturated rings. The maximum absolute atomic E-state index is 6.12. The van der Waals surface area contributed by atoms with Gasteiger partial charge in [0.2, 0.25) is 0 Å². The quantitative estimate of drug-likeness (QED) is 0.744. The summed E-state index contributed by atoms with van der Waals surface area (Å²) in [7, 11) is 0. The Bertz CT molecular complexity index is 610. The zero-order valence-corrected chi connectivity index (χ0v) is 14.2. The van der Waals surface area contributed by atoms with Crippen LogP contribution in [0.1, 0.15) is 29.9 Å². The molecule has 1 atom stereocenters. The van der Waals surface area contributed by atoms with Crippen molar-refractivity contribution in [3.05, 3.63) is 69.2 Å². The topological polar surface area (TPSA) is 12.0 Å². The van der Waals surface area contributed by atoms with Crippen LogP contribution in [0.25, 0.3) is 0 Å². The van der Waals surface area contributed by atoms with E-state index >= 15 is 0 Å². The second kappa shape index (κ2) is 6.95. The third-order valence-electron chi connectivity index (χ3n) is 3.95. The zero-order valence-electron chi connectivity index (χ0n) is 11.9. The Balaban J connectivity index is 1.79. The first kappa shape index (κ1) is 15.1. The fourth-order valence-corrected chi connectivity index (χ4v) is 3.46. The van der Waals surface area contributed by atoms with Crippen molar-refractivity contribution in [3.8, 4) is 0 Å². The number of nitrogens with one attached hydrogen (secondary N) is 1. The van der Waals surface area contributed by atoms with Gasteiger partial charge in [0.15, 0.2) is 0 Å². The molecule has 3 heteroatoms. The average Bonchev–Trinajstić information content (AvgIpc) is 3.28. The van der Waals surface area contributed by atoms with Crippen LogP contribution in [-0.2, 0) is 6.42 Å². The second-order valence-corrected chi connectivity index (χ2v) is 7.03. The molecule has 0 aromatic heterocycles. The monoisotopic (exact) mass is 363 g/mol. The van der Waals surface area contributed by atoms with E-state index in [1.165, 1.54) is 28.4 Å². The minimum absolute atomic E-state index is 0.458. The van der Waals surface area contributed by atoms with Crippen LogP contribution in [0.2, 0.25) is 5.02 Å². The van der Waals surface area contributed by atoms with Crippen molar-refractivity contribution in [2.24, 2.45) is 0 Å². The van der Waals surface area contributed by atoms with Gasteiger partial charge in [-0.2, -0.15) is 0 Å². The molecule has 0 heterocycles. The normalized spacial score (nSPS) is 15.9. The molecule has 1 aliphatic rings. The van der Waals surface area contributed by atoms with Crippen LogP contribution < -0.4 is 5.32 Å². The highest BCUT2D eigenvalue weighted by Gasteiger charge is 2.23. The van der Waals surface area contributed by atoms with Gasteiger partial charge in [0.1, 0.15) is 0 Å². The molecule has 0 saturated heterocycles. The lowest BCUT2D eigenvalue weighted by Crippen LogP contribution is -2.25. The lowest BCUT2D eigenvalue weighted by molar-refractivity contribution is 0.575. The molecule has 0 bridgehead atoms. The smallest absolute Gasteiger partial charge is 0.0408 e. The predicted molar refractivity (Wildman–Crippen MR) is 93.1 cm³/mol. The summed E-state index contributed by atoms with van der Waals surface area (Å²) in [5.41, 5.74) is 2.66. The van der Waals surface area contributed by atoms with E-state index in [-0.39, 0.29) is 0 Å². The van der Waals surface area contributed by atoms with Crippen molar-refractivity contribution in [2.75, 3.05) is 6.54 Å². The van der Waals surface area contributed by atoms with Gasteiger partial charge >= 0.3 is 0 Å². The molecule has 21 heavy (non-hydrogen) atoms. The average molecular weight is 365 g/mol. The van der Waals surface area contributed by atoms with E-state index in [1.807, 2.05) is 12.1 Å². The lowest BCUT2D eigenvalue weighted by atomic mass is 9.92. The van der Waals surface area contributed by atoms with E-state index in [9.17, 15) is 0 Å². The van der Waals surface area contributed by atoms with E-state index < -0.39 is 0 Å². The molecule has 0 radical (unpaired) electrons. The van der Waals surface area contributed by atoms with Crippen molar-refractivity contribution in [1.29, 1.82) is 0 Å². The second-order valence-electron chi connectivity index (χ2n) is 5.74. The third kappa shape index (κ3) is 4.32. The minimum Gasteiger partial charge on any atom is -0.313 e. The van der Waals surface area contributed by atoms with Gasteiger partial charge in [-0.1, -0.05) is 57.9 Å². The van der Waals surface area contributed by atoms with Crippen molar-refractivity contribution >= 4 is 27.5 Å². The summed E-state index contributed by atoms with van der Waals surface area (Å²) in [6.45, 7) is 1.01. The Morgan fingerprint density at radius 1 is 1.14 bits per heavy atom. The van der Waals surface area contributed by atoms with Crippen LogP contribution in [0.3, 0.4) is 0 Å². The number of benzene rings is 2. The number of rotatable bonds is 6. The summed E-state index contributed by atoms with van der Waals surface area (Å²) >= 11 is 9.81. The fraction of sp³-hybridized carbons (Fsp3) is 0.333. The fourth-order valence-electron chi connectivity index (χ4n) is 2.64. The van der Waals surface area contributed by atoms with E-state index in [4.69, 9.17) is 11.6 Å². The molecule has 2 aromatic rings. The van der Waals surface area contributed by atoms with Gasteiger partial charge in [0, 0.05) is 28.0 Å². The molecular weight excluding hydrogens is 346 g/mol. The minimum atomic E-state index is 0.458. The van der Waals surface area contributed by atoms with Crippen LogP contribution in [0, 0.1) is 0 Å². The highest BCUT2D eigenvalue weighted by Crippen LogP contribution is 2.29. The molecule has 3 rings (SSSR count). The Labute approximate surface area is 139 Å². The van der Waals surface area contributed by atoms with Crippen molar-refractivity contribution in [2.45, 2.75) is 31.2 Å². The Morgan fingerprint density at radius 2 is 1.95 bits per heavy atom. The Hall–Kier alpha value is -0.830. The highest BCUT2D eigenvalue weighted by molar-refractivity contribution is 9.10. The summed E-state index contributed by atoms with van der Waals surface area (Å²) in [6, 6.07) is 17.4. The van der Waals surface area contributed by atoms with Crippen LogP contribution in [0.5, 0.6) is 0 Å². The molecule has 2 aromatic carbocycles. The van der Waals surface area contributed by atoms with Crippen molar-refractivity contribution in [1.82, 2.24) is 5.32 Å². The largest absolute Gasteiger partial charge is 0.313 e. The van der Waals surface area contributed by atoms with Crippen LogP contribution >= 0.6 is 27.5 Å². The van der Waals surface area contributed by atoms with Crippen LogP contribution in [0.15, 0.2) is 53.0 Å². The number of halogens is 2. The standard InChI is InChI=1S/C18H19BrClN/c19-18-7-2-1-6-17(18)14(12-21-16-8-9-16)10-13-4-3-5-15(20)11-13/h1-7,11,14,16,21H,8-10,12H2. The maximum Gasteiger partial charge on any atom is 0.0408 e. The number of hydrogen-bond donors (Lipinski definition) is 1. The molecule has 1 nitrogen and oxygen atoms in total. The van der Waals surface area contributed by atoms with Crippen molar-refractivity contribution < 1.29 is 0 Å². The first-order valence-corrected chi connectivity index (χ1v) is 8.62. The molecule has 0 spiro atoms. The van der Waals surface area contributed by atoms with E-state index in [1.54, 1.807) is 0 Å². The van der Waals surface area contributed by atoms with E-state index in [0.717, 1.165) is 24.0 Å². The highest BCUT2D eigenvalue weighted by atomic mass is 79.9. The zero-order chi connectivity index (χ0) is 14.7. The van der Waals surface area contributed by atoms with Crippen LogP contribution in [-0.4, -0.2) is 12.6 Å². The SMILES string of the molecule is Clc1cccc(CC(CNC2CC2)c2ccccc2Br)c1. The molecule has 0 aliphatic heterocycles. The van der Waals surface area contributed by atoms with E-state index in [2.05, 4.69) is 57.6 Å².